The van der Waals surface area contributed by atoms with Gasteiger partial charge in [0.25, 0.3) is 5.56 Å². The summed E-state index contributed by atoms with van der Waals surface area (Å²) in [5.74, 6) is 0.134. The Bertz CT molecular complexity index is 672. The zero-order chi connectivity index (χ0) is 15.9. The summed E-state index contributed by atoms with van der Waals surface area (Å²) < 4.78 is 14.1. The molecule has 2 saturated heterocycles. The summed E-state index contributed by atoms with van der Waals surface area (Å²) >= 11 is 2.28. The lowest BCUT2D eigenvalue weighted by Crippen LogP contribution is -2.50. The molecule has 4 unspecified atom stereocenters. The van der Waals surface area contributed by atoms with E-state index >= 15 is 0 Å². The molecular weight excluding hydrogens is 403 g/mol. The molecule has 3 rings (SSSR count). The van der Waals surface area contributed by atoms with Crippen molar-refractivity contribution in [3.8, 4) is 0 Å². The highest BCUT2D eigenvalue weighted by molar-refractivity contribution is 14.1. The number of rotatable bonds is 3. The minimum Gasteiger partial charge on any atom is -0.393 e. The van der Waals surface area contributed by atoms with E-state index in [1.165, 1.54) is 10.8 Å². The summed E-state index contributed by atoms with van der Waals surface area (Å²) in [6.45, 7) is 1.84. The Labute approximate surface area is 140 Å². The Morgan fingerprint density at radius 1 is 1.50 bits per heavy atom. The Balaban J connectivity index is 1.91. The number of ether oxygens (including phenoxy) is 2. The van der Waals surface area contributed by atoms with Crippen LogP contribution in [-0.2, 0) is 9.47 Å². The van der Waals surface area contributed by atoms with Gasteiger partial charge in [0.2, 0.25) is 0 Å². The average Bonchev–Trinajstić information content (AvgIpc) is 2.89. The minimum absolute atomic E-state index is 0.134. The van der Waals surface area contributed by atoms with E-state index in [1.54, 1.807) is 6.92 Å². The maximum Gasteiger partial charge on any atom is 0.330 e. The third-order valence-corrected chi connectivity index (χ3v) is 5.59. The normalized spacial score (nSPS) is 34.6. The van der Waals surface area contributed by atoms with Crippen LogP contribution in [0, 0.1) is 12.8 Å². The SMILES string of the molecule is Cc1cn(C2CC3CC(CI)OCC3(CO)O2)c(=O)[nH]c1=O. The molecule has 2 N–H and O–H groups in total. The molecule has 0 amide bonds. The lowest BCUT2D eigenvalue weighted by Gasteiger charge is -2.39. The number of aromatic nitrogens is 2. The minimum atomic E-state index is -0.754. The second kappa shape index (κ2) is 6.06. The molecule has 122 valence electrons. The molecule has 2 aliphatic heterocycles. The molecule has 0 aliphatic carbocycles. The molecule has 8 heteroatoms. The highest BCUT2D eigenvalue weighted by Crippen LogP contribution is 2.46. The molecule has 1 aromatic heterocycles. The fourth-order valence-corrected chi connectivity index (χ4v) is 3.88. The number of nitrogens with zero attached hydrogens (tertiary/aromatic N) is 1. The van der Waals surface area contributed by atoms with Gasteiger partial charge >= 0.3 is 5.69 Å². The van der Waals surface area contributed by atoms with Crippen molar-refractivity contribution in [2.24, 2.45) is 5.92 Å². The quantitative estimate of drug-likeness (QED) is 0.541. The van der Waals surface area contributed by atoms with Gasteiger partial charge in [0.15, 0.2) is 0 Å². The van der Waals surface area contributed by atoms with Gasteiger partial charge < -0.3 is 14.6 Å². The van der Waals surface area contributed by atoms with Crippen LogP contribution in [-0.4, -0.2) is 44.0 Å². The maximum absolute atomic E-state index is 12.0. The van der Waals surface area contributed by atoms with E-state index in [9.17, 15) is 14.7 Å². The van der Waals surface area contributed by atoms with Crippen LogP contribution in [0.15, 0.2) is 15.8 Å². The number of alkyl halides is 1. The number of nitrogens with one attached hydrogen (secondary N) is 1. The monoisotopic (exact) mass is 422 g/mol. The largest absolute Gasteiger partial charge is 0.393 e. The van der Waals surface area contributed by atoms with E-state index < -0.39 is 17.5 Å². The Hall–Kier alpha value is -0.710. The van der Waals surface area contributed by atoms with Gasteiger partial charge in [0, 0.05) is 16.2 Å². The van der Waals surface area contributed by atoms with Crippen LogP contribution in [0.3, 0.4) is 0 Å². The van der Waals surface area contributed by atoms with Crippen LogP contribution < -0.4 is 11.2 Å². The number of aliphatic hydroxyl groups is 1. The average molecular weight is 422 g/mol. The Kier molecular flexibility index (Phi) is 4.45. The van der Waals surface area contributed by atoms with E-state index in [1.807, 2.05) is 0 Å². The Morgan fingerprint density at radius 2 is 2.27 bits per heavy atom. The van der Waals surface area contributed by atoms with Crippen LogP contribution in [0.25, 0.3) is 0 Å². The number of aryl methyl sites for hydroxylation is 1. The van der Waals surface area contributed by atoms with Gasteiger partial charge in [-0.25, -0.2) is 4.79 Å². The number of H-pyrrole nitrogens is 1. The van der Waals surface area contributed by atoms with Crippen molar-refractivity contribution in [2.75, 3.05) is 17.6 Å². The van der Waals surface area contributed by atoms with E-state index in [-0.39, 0.29) is 24.2 Å². The van der Waals surface area contributed by atoms with Gasteiger partial charge in [-0.3, -0.25) is 14.3 Å². The molecule has 3 heterocycles. The number of hydrogen-bond acceptors (Lipinski definition) is 5. The number of hydrogen-bond donors (Lipinski definition) is 2. The number of aromatic amines is 1. The molecule has 1 aromatic rings. The molecule has 7 nitrogen and oxygen atoms in total. The summed E-state index contributed by atoms with van der Waals surface area (Å²) in [7, 11) is 0. The Morgan fingerprint density at radius 3 is 2.95 bits per heavy atom. The molecule has 2 fully saturated rings. The highest BCUT2D eigenvalue weighted by Gasteiger charge is 2.52. The topological polar surface area (TPSA) is 93.6 Å². The summed E-state index contributed by atoms with van der Waals surface area (Å²) in [5, 5.41) is 9.79. The summed E-state index contributed by atoms with van der Waals surface area (Å²) in [5.41, 5.74) is -1.17. The molecule has 4 atom stereocenters. The van der Waals surface area contributed by atoms with Gasteiger partial charge in [-0.1, -0.05) is 22.6 Å². The molecule has 0 bridgehead atoms. The zero-order valence-corrected chi connectivity index (χ0v) is 14.4. The summed E-state index contributed by atoms with van der Waals surface area (Å²) in [6, 6.07) is 0. The second-order valence-electron chi connectivity index (χ2n) is 6.03. The van der Waals surface area contributed by atoms with Crippen molar-refractivity contribution >= 4 is 22.6 Å². The van der Waals surface area contributed by atoms with Crippen molar-refractivity contribution in [1.82, 2.24) is 9.55 Å². The van der Waals surface area contributed by atoms with Gasteiger partial charge in [-0.05, 0) is 25.7 Å². The third kappa shape index (κ3) is 2.66. The van der Waals surface area contributed by atoms with Crippen LogP contribution in [0.5, 0.6) is 0 Å². The predicted molar refractivity (Wildman–Crippen MR) is 87.3 cm³/mol. The smallest absolute Gasteiger partial charge is 0.330 e. The standard InChI is InChI=1S/C14H19IN2O5/c1-8-5-17(13(20)16-12(8)19)11-3-9-2-10(4-15)21-7-14(9,6-18)22-11/h5,9-11,18H,2-4,6-7H2,1H3,(H,16,19,20). The first-order valence-corrected chi connectivity index (χ1v) is 8.80. The van der Waals surface area contributed by atoms with E-state index in [2.05, 4.69) is 27.6 Å². The molecule has 0 spiro atoms. The number of fused-ring (bicyclic) bond motifs is 1. The fourth-order valence-electron chi connectivity index (χ4n) is 3.27. The molecule has 0 saturated carbocycles. The molecular formula is C14H19IN2O5. The van der Waals surface area contributed by atoms with Gasteiger partial charge in [-0.2, -0.15) is 0 Å². The van der Waals surface area contributed by atoms with Gasteiger partial charge in [0.1, 0.15) is 11.8 Å². The third-order valence-electron chi connectivity index (χ3n) is 4.61. The van der Waals surface area contributed by atoms with Crippen LogP contribution in [0.2, 0.25) is 0 Å². The first-order chi connectivity index (χ1) is 10.5. The van der Waals surface area contributed by atoms with Gasteiger partial charge in [0.05, 0.1) is 19.3 Å². The molecule has 22 heavy (non-hydrogen) atoms. The lowest BCUT2D eigenvalue weighted by molar-refractivity contribution is -0.181. The fraction of sp³-hybridized carbons (Fsp3) is 0.714. The van der Waals surface area contributed by atoms with Crippen LogP contribution in [0.1, 0.15) is 24.6 Å². The summed E-state index contributed by atoms with van der Waals surface area (Å²) in [6.07, 6.45) is 2.61. The second-order valence-corrected chi connectivity index (χ2v) is 6.91. The lowest BCUT2D eigenvalue weighted by atomic mass is 9.82. The van der Waals surface area contributed by atoms with Gasteiger partial charge in [-0.15, -0.1) is 0 Å². The molecule has 0 aromatic carbocycles. The zero-order valence-electron chi connectivity index (χ0n) is 12.3. The van der Waals surface area contributed by atoms with Crippen molar-refractivity contribution in [1.29, 1.82) is 0 Å². The van der Waals surface area contributed by atoms with Crippen LogP contribution in [0.4, 0.5) is 0 Å². The first-order valence-electron chi connectivity index (χ1n) is 7.27. The highest BCUT2D eigenvalue weighted by atomic mass is 127. The number of halogens is 1. The molecule has 0 radical (unpaired) electrons. The maximum atomic E-state index is 12.0. The van der Waals surface area contributed by atoms with Crippen molar-refractivity contribution in [2.45, 2.75) is 37.7 Å². The van der Waals surface area contributed by atoms with Crippen molar-refractivity contribution in [3.05, 3.63) is 32.6 Å². The molecule has 2 aliphatic rings. The summed E-state index contributed by atoms with van der Waals surface area (Å²) in [4.78, 5) is 25.8. The van der Waals surface area contributed by atoms with Crippen molar-refractivity contribution in [3.63, 3.8) is 0 Å². The van der Waals surface area contributed by atoms with Crippen LogP contribution >= 0.6 is 22.6 Å². The van der Waals surface area contributed by atoms with E-state index in [4.69, 9.17) is 9.47 Å². The van der Waals surface area contributed by atoms with E-state index in [0.29, 0.717) is 18.6 Å². The van der Waals surface area contributed by atoms with Crippen molar-refractivity contribution < 1.29 is 14.6 Å². The van der Waals surface area contributed by atoms with E-state index in [0.717, 1.165) is 10.8 Å². The predicted octanol–water partition coefficient (Wildman–Crippen LogP) is 0.335. The first kappa shape index (κ1) is 16.2. The number of aliphatic hydroxyl groups excluding tert-OH is 1.